The lowest BCUT2D eigenvalue weighted by Crippen LogP contribution is -2.51. The predicted octanol–water partition coefficient (Wildman–Crippen LogP) is 0.959. The number of aromatic nitrogens is 2. The summed E-state index contributed by atoms with van der Waals surface area (Å²) in [6, 6.07) is 2.06. The quantitative estimate of drug-likeness (QED) is 0.756. The maximum atomic E-state index is 13.0. The number of ether oxygens (including phenoxy) is 3. The van der Waals surface area contributed by atoms with Crippen LogP contribution in [0, 0.1) is 5.41 Å². The minimum absolute atomic E-state index is 0.242. The lowest BCUT2D eigenvalue weighted by molar-refractivity contribution is -0.145. The molecule has 0 N–H and O–H groups in total. The number of methoxy groups -OCH3 is 3. The molecule has 3 rings (SSSR count). The molecule has 138 valence electrons. The lowest BCUT2D eigenvalue weighted by Gasteiger charge is -2.39. The minimum Gasteiger partial charge on any atom is -0.481 e. The van der Waals surface area contributed by atoms with Gasteiger partial charge >= 0.3 is 6.01 Å². The van der Waals surface area contributed by atoms with Gasteiger partial charge in [-0.05, 0) is 19.3 Å². The molecule has 0 saturated carbocycles. The highest BCUT2D eigenvalue weighted by atomic mass is 16.5. The standard InChI is InChI=1S/C17H26N4O4/c1-23-10-9-20-7-4-5-17(15(20)22)6-8-21(12-17)13-11-14(24-2)19-16(18-13)25-3/h11H,4-10,12H2,1-3H3/t17-/m0/s1. The molecule has 1 spiro atoms. The third-order valence-electron chi connectivity index (χ3n) is 5.13. The molecule has 8 nitrogen and oxygen atoms in total. The summed E-state index contributed by atoms with van der Waals surface area (Å²) in [6.07, 6.45) is 2.79. The van der Waals surface area contributed by atoms with Crippen LogP contribution in [0.15, 0.2) is 6.07 Å². The summed E-state index contributed by atoms with van der Waals surface area (Å²) in [7, 11) is 4.76. The number of anilines is 1. The molecule has 0 aromatic carbocycles. The molecule has 0 aliphatic carbocycles. The monoisotopic (exact) mass is 350 g/mol. The zero-order chi connectivity index (χ0) is 17.9. The van der Waals surface area contributed by atoms with E-state index in [2.05, 4.69) is 14.9 Å². The molecule has 1 atom stereocenters. The molecule has 2 fully saturated rings. The average molecular weight is 350 g/mol. The van der Waals surface area contributed by atoms with Crippen molar-refractivity contribution >= 4 is 11.7 Å². The highest BCUT2D eigenvalue weighted by Crippen LogP contribution is 2.41. The van der Waals surface area contributed by atoms with Gasteiger partial charge in [0.2, 0.25) is 11.8 Å². The van der Waals surface area contributed by atoms with Crippen LogP contribution in [0.2, 0.25) is 0 Å². The van der Waals surface area contributed by atoms with Gasteiger partial charge in [-0.1, -0.05) is 0 Å². The van der Waals surface area contributed by atoms with Crippen LogP contribution in [0.3, 0.4) is 0 Å². The largest absolute Gasteiger partial charge is 0.481 e. The molecule has 3 heterocycles. The molecule has 1 amide bonds. The van der Waals surface area contributed by atoms with Crippen LogP contribution >= 0.6 is 0 Å². The molecular formula is C17H26N4O4. The van der Waals surface area contributed by atoms with Crippen LogP contribution in [0.25, 0.3) is 0 Å². The van der Waals surface area contributed by atoms with E-state index in [9.17, 15) is 4.79 Å². The van der Waals surface area contributed by atoms with Crippen molar-refractivity contribution in [2.45, 2.75) is 19.3 Å². The average Bonchev–Trinajstić information content (AvgIpc) is 3.07. The Kier molecular flexibility index (Phi) is 5.27. The molecule has 25 heavy (non-hydrogen) atoms. The van der Waals surface area contributed by atoms with Crippen LogP contribution in [0.4, 0.5) is 5.82 Å². The van der Waals surface area contributed by atoms with E-state index in [1.807, 2.05) is 4.90 Å². The second kappa shape index (κ2) is 7.43. The molecule has 0 radical (unpaired) electrons. The molecule has 2 saturated heterocycles. The Labute approximate surface area is 148 Å². The van der Waals surface area contributed by atoms with Crippen LogP contribution in [-0.2, 0) is 9.53 Å². The number of piperidine rings is 1. The van der Waals surface area contributed by atoms with Gasteiger partial charge in [-0.15, -0.1) is 0 Å². The van der Waals surface area contributed by atoms with Gasteiger partial charge in [0.25, 0.3) is 0 Å². The van der Waals surface area contributed by atoms with Gasteiger partial charge in [-0.3, -0.25) is 4.79 Å². The summed E-state index contributed by atoms with van der Waals surface area (Å²) in [4.78, 5) is 25.7. The van der Waals surface area contributed by atoms with Crippen LogP contribution < -0.4 is 14.4 Å². The number of hydrogen-bond donors (Lipinski definition) is 0. The number of rotatable bonds is 6. The van der Waals surface area contributed by atoms with Crippen molar-refractivity contribution in [1.29, 1.82) is 0 Å². The highest BCUT2D eigenvalue weighted by molar-refractivity contribution is 5.85. The van der Waals surface area contributed by atoms with Crippen LogP contribution in [0.1, 0.15) is 19.3 Å². The molecule has 2 aliphatic heterocycles. The van der Waals surface area contributed by atoms with Gasteiger partial charge in [0.05, 0.1) is 26.2 Å². The van der Waals surface area contributed by atoms with E-state index in [-0.39, 0.29) is 17.3 Å². The second-order valence-electron chi connectivity index (χ2n) is 6.60. The SMILES string of the molecule is COCCN1CCC[C@@]2(CCN(c3cc(OC)nc(OC)n3)C2)C1=O. The Balaban J connectivity index is 1.77. The van der Waals surface area contributed by atoms with Crippen LogP contribution in [-0.4, -0.2) is 74.9 Å². The summed E-state index contributed by atoms with van der Waals surface area (Å²) in [5, 5.41) is 0. The Hall–Kier alpha value is -2.09. The minimum atomic E-state index is -0.322. The lowest BCUT2D eigenvalue weighted by atomic mass is 9.78. The highest BCUT2D eigenvalue weighted by Gasteiger charge is 2.48. The topological polar surface area (TPSA) is 77.0 Å². The van der Waals surface area contributed by atoms with Crippen molar-refractivity contribution in [1.82, 2.24) is 14.9 Å². The van der Waals surface area contributed by atoms with Crippen molar-refractivity contribution in [3.8, 4) is 11.9 Å². The molecular weight excluding hydrogens is 324 g/mol. The van der Waals surface area contributed by atoms with E-state index in [1.54, 1.807) is 20.3 Å². The first kappa shape index (κ1) is 17.7. The fourth-order valence-corrected chi connectivity index (χ4v) is 3.76. The van der Waals surface area contributed by atoms with E-state index in [1.165, 1.54) is 7.11 Å². The maximum absolute atomic E-state index is 13.0. The third-order valence-corrected chi connectivity index (χ3v) is 5.13. The molecule has 0 unspecified atom stereocenters. The van der Waals surface area contributed by atoms with Crippen LogP contribution in [0.5, 0.6) is 11.9 Å². The summed E-state index contributed by atoms with van der Waals surface area (Å²) >= 11 is 0. The van der Waals surface area contributed by atoms with E-state index < -0.39 is 0 Å². The number of carbonyl (C=O) groups excluding carboxylic acids is 1. The third kappa shape index (κ3) is 3.49. The first-order chi connectivity index (χ1) is 12.1. The fourth-order valence-electron chi connectivity index (χ4n) is 3.76. The zero-order valence-corrected chi connectivity index (χ0v) is 15.2. The van der Waals surface area contributed by atoms with Crippen molar-refractivity contribution in [3.05, 3.63) is 6.07 Å². The van der Waals surface area contributed by atoms with Crippen molar-refractivity contribution in [2.24, 2.45) is 5.41 Å². The van der Waals surface area contributed by atoms with Crippen molar-refractivity contribution in [3.63, 3.8) is 0 Å². The Morgan fingerprint density at radius 3 is 2.72 bits per heavy atom. The number of hydrogen-bond acceptors (Lipinski definition) is 7. The van der Waals surface area contributed by atoms with Gasteiger partial charge in [0.15, 0.2) is 0 Å². The number of nitrogens with zero attached hydrogens (tertiary/aromatic N) is 4. The van der Waals surface area contributed by atoms with Gasteiger partial charge in [-0.2, -0.15) is 9.97 Å². The molecule has 2 aliphatic rings. The van der Waals surface area contributed by atoms with Gasteiger partial charge in [0.1, 0.15) is 5.82 Å². The maximum Gasteiger partial charge on any atom is 0.321 e. The molecule has 1 aromatic heterocycles. The van der Waals surface area contributed by atoms with E-state index in [0.29, 0.717) is 25.6 Å². The summed E-state index contributed by atoms with van der Waals surface area (Å²) in [5.74, 6) is 1.44. The smallest absolute Gasteiger partial charge is 0.321 e. The predicted molar refractivity (Wildman–Crippen MR) is 92.1 cm³/mol. The van der Waals surface area contributed by atoms with Gasteiger partial charge in [0, 0.05) is 39.4 Å². The summed E-state index contributed by atoms with van der Waals surface area (Å²) in [5.41, 5.74) is -0.322. The normalized spacial score (nSPS) is 23.4. The number of amides is 1. The first-order valence-corrected chi connectivity index (χ1v) is 8.62. The van der Waals surface area contributed by atoms with Gasteiger partial charge in [-0.25, -0.2) is 0 Å². The van der Waals surface area contributed by atoms with E-state index >= 15 is 0 Å². The van der Waals surface area contributed by atoms with Gasteiger partial charge < -0.3 is 24.0 Å². The summed E-state index contributed by atoms with van der Waals surface area (Å²) in [6.45, 7) is 3.50. The Morgan fingerprint density at radius 1 is 1.16 bits per heavy atom. The number of carbonyl (C=O) groups is 1. The second-order valence-corrected chi connectivity index (χ2v) is 6.60. The molecule has 8 heteroatoms. The van der Waals surface area contributed by atoms with E-state index in [0.717, 1.165) is 38.2 Å². The molecule has 1 aromatic rings. The Morgan fingerprint density at radius 2 is 2.00 bits per heavy atom. The van der Waals surface area contributed by atoms with Crippen molar-refractivity contribution < 1.29 is 19.0 Å². The summed E-state index contributed by atoms with van der Waals surface area (Å²) < 4.78 is 15.5. The Bertz CT molecular complexity index is 604. The zero-order valence-electron chi connectivity index (χ0n) is 15.2. The number of likely N-dealkylation sites (tertiary alicyclic amines) is 1. The molecule has 0 bridgehead atoms. The van der Waals surface area contributed by atoms with E-state index in [4.69, 9.17) is 14.2 Å². The first-order valence-electron chi connectivity index (χ1n) is 8.62. The van der Waals surface area contributed by atoms with Crippen molar-refractivity contribution in [2.75, 3.05) is 59.0 Å². The fraction of sp³-hybridized carbons (Fsp3) is 0.706.